The number of hydrogen-bond donors (Lipinski definition) is 2. The van der Waals surface area contributed by atoms with E-state index in [4.69, 9.17) is 33.4 Å². The number of hydrogen-bond acceptors (Lipinski definition) is 4. The summed E-state index contributed by atoms with van der Waals surface area (Å²) in [4.78, 5) is 5.23. The fourth-order valence-electron chi connectivity index (χ4n) is 2.62. The fraction of sp³-hybridized carbons (Fsp3) is 0.176. The fourth-order valence-corrected chi connectivity index (χ4v) is 2.71. The summed E-state index contributed by atoms with van der Waals surface area (Å²) in [5.41, 5.74) is 15.2. The van der Waals surface area contributed by atoms with Gasteiger partial charge < -0.3 is 20.8 Å². The molecular formula is C17H18N4OS. The van der Waals surface area contributed by atoms with E-state index in [1.165, 1.54) is 0 Å². The maximum Gasteiger partial charge on any atom is 0.141 e. The molecule has 0 saturated heterocycles. The summed E-state index contributed by atoms with van der Waals surface area (Å²) in [7, 11) is 1.60. The number of thiocarbonyl (C=S) groups is 1. The Kier molecular flexibility index (Phi) is 4.16. The Morgan fingerprint density at radius 3 is 2.74 bits per heavy atom. The normalized spacial score (nSPS) is 10.8. The summed E-state index contributed by atoms with van der Waals surface area (Å²) in [6.45, 7) is 0.678. The van der Waals surface area contributed by atoms with Crippen molar-refractivity contribution in [1.29, 1.82) is 0 Å². The molecule has 3 rings (SSSR count). The number of aromatic nitrogens is 2. The zero-order chi connectivity index (χ0) is 16.4. The summed E-state index contributed by atoms with van der Waals surface area (Å²) < 4.78 is 7.34. The van der Waals surface area contributed by atoms with Crippen LogP contribution in [-0.2, 0) is 6.54 Å². The molecule has 1 heterocycles. The number of aryl methyl sites for hydroxylation is 1. The van der Waals surface area contributed by atoms with Gasteiger partial charge in [0, 0.05) is 18.5 Å². The number of para-hydroxylation sites is 2. The molecule has 118 valence electrons. The van der Waals surface area contributed by atoms with Crippen molar-refractivity contribution >= 4 is 33.9 Å². The zero-order valence-corrected chi connectivity index (χ0v) is 13.6. The number of nitrogens with zero attached hydrogens (tertiary/aromatic N) is 2. The molecule has 3 aromatic rings. The van der Waals surface area contributed by atoms with Crippen LogP contribution >= 0.6 is 12.2 Å². The van der Waals surface area contributed by atoms with E-state index < -0.39 is 0 Å². The SMILES string of the molecule is COc1ccc(-c2nc3ccccc3n2CCC(N)=S)cc1N. The van der Waals surface area contributed by atoms with Gasteiger partial charge in [0.05, 0.1) is 28.8 Å². The maximum absolute atomic E-state index is 6.03. The molecular weight excluding hydrogens is 308 g/mol. The molecule has 0 aliphatic carbocycles. The lowest BCUT2D eigenvalue weighted by atomic mass is 10.1. The first kappa shape index (κ1) is 15.3. The van der Waals surface area contributed by atoms with E-state index in [0.717, 1.165) is 22.4 Å². The van der Waals surface area contributed by atoms with Gasteiger partial charge in [-0.3, -0.25) is 0 Å². The lowest BCUT2D eigenvalue weighted by Gasteiger charge is -2.10. The molecule has 23 heavy (non-hydrogen) atoms. The average molecular weight is 326 g/mol. The highest BCUT2D eigenvalue weighted by molar-refractivity contribution is 7.80. The number of anilines is 1. The zero-order valence-electron chi connectivity index (χ0n) is 12.8. The minimum Gasteiger partial charge on any atom is -0.495 e. The van der Waals surface area contributed by atoms with Crippen LogP contribution < -0.4 is 16.2 Å². The van der Waals surface area contributed by atoms with Crippen LogP contribution in [0.2, 0.25) is 0 Å². The predicted octanol–water partition coefficient (Wildman–Crippen LogP) is 2.97. The third-order valence-corrected chi connectivity index (χ3v) is 3.93. The van der Waals surface area contributed by atoms with Crippen LogP contribution in [0.5, 0.6) is 5.75 Å². The van der Waals surface area contributed by atoms with Gasteiger partial charge in [0.2, 0.25) is 0 Å². The summed E-state index contributed by atoms with van der Waals surface area (Å²) in [6.07, 6.45) is 0.619. The highest BCUT2D eigenvalue weighted by atomic mass is 32.1. The van der Waals surface area contributed by atoms with Gasteiger partial charge in [0.15, 0.2) is 0 Å². The monoisotopic (exact) mass is 326 g/mol. The first-order valence-corrected chi connectivity index (χ1v) is 7.68. The van der Waals surface area contributed by atoms with Crippen molar-refractivity contribution in [2.24, 2.45) is 5.73 Å². The number of imidazole rings is 1. The molecule has 0 unspecified atom stereocenters. The van der Waals surface area contributed by atoms with Crippen molar-refractivity contribution in [3.05, 3.63) is 42.5 Å². The van der Waals surface area contributed by atoms with Crippen molar-refractivity contribution in [1.82, 2.24) is 9.55 Å². The third-order valence-electron chi connectivity index (χ3n) is 3.72. The van der Waals surface area contributed by atoms with E-state index >= 15 is 0 Å². The van der Waals surface area contributed by atoms with E-state index in [-0.39, 0.29) is 0 Å². The van der Waals surface area contributed by atoms with Gasteiger partial charge in [-0.1, -0.05) is 24.4 Å². The third kappa shape index (κ3) is 2.98. The molecule has 1 aromatic heterocycles. The topological polar surface area (TPSA) is 79.1 Å². The molecule has 4 N–H and O–H groups in total. The molecule has 0 aliphatic heterocycles. The van der Waals surface area contributed by atoms with Crippen LogP contribution in [0.25, 0.3) is 22.4 Å². The van der Waals surface area contributed by atoms with Gasteiger partial charge in [-0.2, -0.15) is 0 Å². The number of nitrogen functional groups attached to an aromatic ring is 1. The summed E-state index contributed by atoms with van der Waals surface area (Å²) in [6, 6.07) is 13.7. The van der Waals surface area contributed by atoms with E-state index in [0.29, 0.717) is 29.4 Å². The molecule has 0 atom stereocenters. The van der Waals surface area contributed by atoms with E-state index in [2.05, 4.69) is 4.57 Å². The van der Waals surface area contributed by atoms with Gasteiger partial charge in [-0.05, 0) is 30.3 Å². The average Bonchev–Trinajstić information content (AvgIpc) is 2.91. The summed E-state index contributed by atoms with van der Waals surface area (Å²) in [5.74, 6) is 1.50. The smallest absolute Gasteiger partial charge is 0.141 e. The predicted molar refractivity (Wildman–Crippen MR) is 97.5 cm³/mol. The Morgan fingerprint density at radius 1 is 1.26 bits per heavy atom. The lowest BCUT2D eigenvalue weighted by Crippen LogP contribution is -2.12. The first-order valence-electron chi connectivity index (χ1n) is 7.27. The van der Waals surface area contributed by atoms with Crippen LogP contribution in [0.3, 0.4) is 0 Å². The first-order chi connectivity index (χ1) is 11.1. The van der Waals surface area contributed by atoms with Crippen LogP contribution in [0.4, 0.5) is 5.69 Å². The van der Waals surface area contributed by atoms with Crippen molar-refractivity contribution in [2.75, 3.05) is 12.8 Å². The highest BCUT2D eigenvalue weighted by Gasteiger charge is 2.13. The number of rotatable bonds is 5. The number of fused-ring (bicyclic) bond motifs is 1. The molecule has 0 bridgehead atoms. The van der Waals surface area contributed by atoms with Crippen molar-refractivity contribution in [3.63, 3.8) is 0 Å². The Bertz CT molecular complexity index is 872. The van der Waals surface area contributed by atoms with E-state index in [1.807, 2.05) is 42.5 Å². The lowest BCUT2D eigenvalue weighted by molar-refractivity contribution is 0.417. The second-order valence-corrected chi connectivity index (χ2v) is 5.77. The number of methoxy groups -OCH3 is 1. The molecule has 0 saturated carbocycles. The van der Waals surface area contributed by atoms with Gasteiger partial charge in [0.1, 0.15) is 11.6 Å². The standard InChI is InChI=1S/C17H18N4OS/c1-22-15-7-6-11(10-12(15)18)17-20-13-4-2-3-5-14(13)21(17)9-8-16(19)23/h2-7,10H,8-9,18H2,1H3,(H2,19,23). The minimum absolute atomic E-state index is 0.489. The molecule has 0 aliphatic rings. The van der Waals surface area contributed by atoms with Crippen LogP contribution in [0.1, 0.15) is 6.42 Å². The molecule has 0 fully saturated rings. The Labute approximate surface area is 139 Å². The van der Waals surface area contributed by atoms with Crippen LogP contribution in [0, 0.1) is 0 Å². The molecule has 0 radical (unpaired) electrons. The molecule has 5 nitrogen and oxygen atoms in total. The van der Waals surface area contributed by atoms with Crippen molar-refractivity contribution in [3.8, 4) is 17.1 Å². The minimum atomic E-state index is 0.489. The second kappa shape index (κ2) is 6.26. The maximum atomic E-state index is 6.03. The number of benzene rings is 2. The van der Waals surface area contributed by atoms with E-state index in [1.54, 1.807) is 7.11 Å². The molecule has 6 heteroatoms. The molecule has 2 aromatic carbocycles. The van der Waals surface area contributed by atoms with Gasteiger partial charge >= 0.3 is 0 Å². The largest absolute Gasteiger partial charge is 0.495 e. The molecule has 0 amide bonds. The van der Waals surface area contributed by atoms with Crippen molar-refractivity contribution in [2.45, 2.75) is 13.0 Å². The van der Waals surface area contributed by atoms with E-state index in [9.17, 15) is 0 Å². The Morgan fingerprint density at radius 2 is 2.04 bits per heavy atom. The second-order valence-electron chi connectivity index (χ2n) is 5.25. The van der Waals surface area contributed by atoms with Crippen LogP contribution in [0.15, 0.2) is 42.5 Å². The van der Waals surface area contributed by atoms with Gasteiger partial charge in [-0.25, -0.2) is 4.98 Å². The van der Waals surface area contributed by atoms with Crippen molar-refractivity contribution < 1.29 is 4.74 Å². The number of ether oxygens (including phenoxy) is 1. The Balaban J connectivity index is 2.13. The highest BCUT2D eigenvalue weighted by Crippen LogP contribution is 2.30. The molecule has 0 spiro atoms. The van der Waals surface area contributed by atoms with Gasteiger partial charge in [-0.15, -0.1) is 0 Å². The number of nitrogens with two attached hydrogens (primary N) is 2. The van der Waals surface area contributed by atoms with Gasteiger partial charge in [0.25, 0.3) is 0 Å². The summed E-state index contributed by atoms with van der Waals surface area (Å²) >= 11 is 5.01. The van der Waals surface area contributed by atoms with Crippen LogP contribution in [-0.4, -0.2) is 21.6 Å². The quantitative estimate of drug-likeness (QED) is 0.556. The Hall–Kier alpha value is -2.60. The summed E-state index contributed by atoms with van der Waals surface area (Å²) in [5, 5.41) is 0.